The average molecular weight is 295 g/mol. The molecule has 0 aromatic carbocycles. The molecule has 1 amide bonds. The van der Waals surface area contributed by atoms with Gasteiger partial charge in [-0.05, 0) is 25.3 Å². The van der Waals surface area contributed by atoms with Gasteiger partial charge in [-0.2, -0.15) is 5.10 Å². The highest BCUT2D eigenvalue weighted by molar-refractivity contribution is 7.20. The SMILES string of the molecule is CC(O)CCNC(=O)c1cc2c(C(C)C)nn(C)c2s1. The second-order valence-corrected chi connectivity index (χ2v) is 6.42. The van der Waals surface area contributed by atoms with E-state index in [4.69, 9.17) is 0 Å². The summed E-state index contributed by atoms with van der Waals surface area (Å²) in [6, 6.07) is 1.92. The van der Waals surface area contributed by atoms with Crippen LogP contribution in [0.25, 0.3) is 10.2 Å². The Hall–Kier alpha value is -1.40. The minimum Gasteiger partial charge on any atom is -0.393 e. The number of amides is 1. The van der Waals surface area contributed by atoms with Gasteiger partial charge < -0.3 is 10.4 Å². The molecule has 0 saturated heterocycles. The van der Waals surface area contributed by atoms with Gasteiger partial charge in [-0.3, -0.25) is 9.48 Å². The van der Waals surface area contributed by atoms with Crippen molar-refractivity contribution in [2.75, 3.05) is 6.54 Å². The van der Waals surface area contributed by atoms with E-state index in [0.717, 1.165) is 15.9 Å². The molecule has 2 N–H and O–H groups in total. The second kappa shape index (κ2) is 5.93. The lowest BCUT2D eigenvalue weighted by molar-refractivity contribution is 0.0949. The number of aliphatic hydroxyl groups excluding tert-OH is 1. The maximum absolute atomic E-state index is 12.1. The summed E-state index contributed by atoms with van der Waals surface area (Å²) in [4.78, 5) is 13.8. The molecule has 6 heteroatoms. The number of aromatic nitrogens is 2. The van der Waals surface area contributed by atoms with Crippen LogP contribution < -0.4 is 5.32 Å². The standard InChI is InChI=1S/C14H21N3O2S/c1-8(2)12-10-7-11(20-14(10)17(4)16-12)13(19)15-6-5-9(3)18/h7-9,18H,5-6H2,1-4H3,(H,15,19). The molecule has 2 heterocycles. The number of hydrogen-bond donors (Lipinski definition) is 2. The highest BCUT2D eigenvalue weighted by Gasteiger charge is 2.18. The van der Waals surface area contributed by atoms with Crippen molar-refractivity contribution in [1.82, 2.24) is 15.1 Å². The van der Waals surface area contributed by atoms with Crippen molar-refractivity contribution < 1.29 is 9.90 Å². The largest absolute Gasteiger partial charge is 0.393 e. The van der Waals surface area contributed by atoms with E-state index in [1.165, 1.54) is 11.3 Å². The number of aliphatic hydroxyl groups is 1. The first-order valence-electron chi connectivity index (χ1n) is 6.82. The first kappa shape index (κ1) is 15.0. The van der Waals surface area contributed by atoms with Gasteiger partial charge in [-0.25, -0.2) is 0 Å². The fourth-order valence-corrected chi connectivity index (χ4v) is 3.08. The van der Waals surface area contributed by atoms with Crippen LogP contribution in [0.15, 0.2) is 6.07 Å². The molecule has 0 aliphatic rings. The lowest BCUT2D eigenvalue weighted by Crippen LogP contribution is -2.25. The third-order valence-electron chi connectivity index (χ3n) is 3.16. The number of nitrogens with one attached hydrogen (secondary N) is 1. The molecule has 0 aliphatic heterocycles. The van der Waals surface area contributed by atoms with E-state index < -0.39 is 6.10 Å². The number of nitrogens with zero attached hydrogens (tertiary/aromatic N) is 2. The van der Waals surface area contributed by atoms with Crippen LogP contribution in [0.4, 0.5) is 0 Å². The van der Waals surface area contributed by atoms with E-state index in [2.05, 4.69) is 24.3 Å². The molecule has 2 aromatic heterocycles. The van der Waals surface area contributed by atoms with Crippen molar-refractivity contribution in [3.63, 3.8) is 0 Å². The van der Waals surface area contributed by atoms with Crippen LogP contribution >= 0.6 is 11.3 Å². The van der Waals surface area contributed by atoms with E-state index >= 15 is 0 Å². The molecule has 110 valence electrons. The number of fused-ring (bicyclic) bond motifs is 1. The van der Waals surface area contributed by atoms with Crippen LogP contribution in [0.2, 0.25) is 0 Å². The van der Waals surface area contributed by atoms with Gasteiger partial charge >= 0.3 is 0 Å². The highest BCUT2D eigenvalue weighted by Crippen LogP contribution is 2.31. The number of carbonyl (C=O) groups is 1. The molecular formula is C14H21N3O2S. The van der Waals surface area contributed by atoms with Gasteiger partial charge in [0, 0.05) is 19.0 Å². The maximum atomic E-state index is 12.1. The van der Waals surface area contributed by atoms with E-state index in [1.807, 2.05) is 17.8 Å². The van der Waals surface area contributed by atoms with Crippen LogP contribution in [-0.2, 0) is 7.05 Å². The summed E-state index contributed by atoms with van der Waals surface area (Å²) < 4.78 is 1.84. The lowest BCUT2D eigenvalue weighted by Gasteiger charge is -2.05. The van der Waals surface area contributed by atoms with Gasteiger partial charge in [0.05, 0.1) is 16.7 Å². The van der Waals surface area contributed by atoms with Crippen molar-refractivity contribution in [3.8, 4) is 0 Å². The summed E-state index contributed by atoms with van der Waals surface area (Å²) >= 11 is 1.45. The molecule has 0 bridgehead atoms. The van der Waals surface area contributed by atoms with Gasteiger partial charge in [0.15, 0.2) is 0 Å². The normalized spacial score (nSPS) is 13.1. The molecule has 2 rings (SSSR count). The Kier molecular flexibility index (Phi) is 4.45. The Morgan fingerprint density at radius 2 is 2.20 bits per heavy atom. The zero-order chi connectivity index (χ0) is 14.9. The highest BCUT2D eigenvalue weighted by atomic mass is 32.1. The van der Waals surface area contributed by atoms with Crippen molar-refractivity contribution in [2.24, 2.45) is 7.05 Å². The van der Waals surface area contributed by atoms with E-state index in [1.54, 1.807) is 6.92 Å². The second-order valence-electron chi connectivity index (χ2n) is 5.39. The summed E-state index contributed by atoms with van der Waals surface area (Å²) in [5, 5.41) is 17.6. The first-order valence-corrected chi connectivity index (χ1v) is 7.64. The van der Waals surface area contributed by atoms with Crippen molar-refractivity contribution in [1.29, 1.82) is 0 Å². The summed E-state index contributed by atoms with van der Waals surface area (Å²) in [6.45, 7) is 6.40. The zero-order valence-electron chi connectivity index (χ0n) is 12.3. The van der Waals surface area contributed by atoms with Gasteiger partial charge in [-0.1, -0.05) is 13.8 Å². The maximum Gasteiger partial charge on any atom is 0.261 e. The molecule has 0 fully saturated rings. The monoisotopic (exact) mass is 295 g/mol. The fourth-order valence-electron chi connectivity index (χ4n) is 2.09. The quantitative estimate of drug-likeness (QED) is 0.889. The van der Waals surface area contributed by atoms with Crippen molar-refractivity contribution in [3.05, 3.63) is 16.6 Å². The fraction of sp³-hybridized carbons (Fsp3) is 0.571. The summed E-state index contributed by atoms with van der Waals surface area (Å²) in [7, 11) is 1.90. The van der Waals surface area contributed by atoms with E-state index in [-0.39, 0.29) is 5.91 Å². The molecule has 0 spiro atoms. The Labute approximate surface area is 122 Å². The molecule has 2 aromatic rings. The summed E-state index contributed by atoms with van der Waals surface area (Å²) in [5.74, 6) is 0.251. The minimum absolute atomic E-state index is 0.0819. The predicted octanol–water partition coefficient (Wildman–Crippen LogP) is 2.26. The Balaban J connectivity index is 2.19. The number of carbonyl (C=O) groups excluding carboxylic acids is 1. The molecule has 1 atom stereocenters. The van der Waals surface area contributed by atoms with E-state index in [9.17, 15) is 9.90 Å². The molecule has 20 heavy (non-hydrogen) atoms. The van der Waals surface area contributed by atoms with Crippen LogP contribution in [0.5, 0.6) is 0 Å². The Morgan fingerprint density at radius 3 is 2.80 bits per heavy atom. The zero-order valence-corrected chi connectivity index (χ0v) is 13.1. The lowest BCUT2D eigenvalue weighted by atomic mass is 10.1. The number of thiophene rings is 1. The van der Waals surface area contributed by atoms with Crippen molar-refractivity contribution in [2.45, 2.75) is 39.2 Å². The van der Waals surface area contributed by atoms with Crippen molar-refractivity contribution >= 4 is 27.5 Å². The Bertz CT molecular complexity index is 613. The number of hydrogen-bond acceptors (Lipinski definition) is 4. The van der Waals surface area contributed by atoms with Gasteiger partial charge in [-0.15, -0.1) is 11.3 Å². The third kappa shape index (κ3) is 3.02. The van der Waals surface area contributed by atoms with Crippen LogP contribution in [0.1, 0.15) is 48.5 Å². The molecule has 5 nitrogen and oxygen atoms in total. The molecular weight excluding hydrogens is 274 g/mol. The number of rotatable bonds is 5. The van der Waals surface area contributed by atoms with Crippen LogP contribution in [0, 0.1) is 0 Å². The topological polar surface area (TPSA) is 67.2 Å². The van der Waals surface area contributed by atoms with Gasteiger partial charge in [0.2, 0.25) is 0 Å². The summed E-state index contributed by atoms with van der Waals surface area (Å²) in [6.07, 6.45) is 0.171. The number of aryl methyl sites for hydroxylation is 1. The first-order chi connectivity index (χ1) is 9.40. The molecule has 0 saturated carbocycles. The smallest absolute Gasteiger partial charge is 0.261 e. The minimum atomic E-state index is -0.394. The molecule has 1 unspecified atom stereocenters. The molecule has 0 radical (unpaired) electrons. The van der Waals surface area contributed by atoms with Crippen LogP contribution in [-0.4, -0.2) is 33.4 Å². The van der Waals surface area contributed by atoms with Crippen LogP contribution in [0.3, 0.4) is 0 Å². The van der Waals surface area contributed by atoms with Gasteiger partial charge in [0.25, 0.3) is 5.91 Å². The van der Waals surface area contributed by atoms with Gasteiger partial charge in [0.1, 0.15) is 4.83 Å². The summed E-state index contributed by atoms with van der Waals surface area (Å²) in [5.41, 5.74) is 1.03. The van der Waals surface area contributed by atoms with E-state index in [0.29, 0.717) is 23.8 Å². The third-order valence-corrected chi connectivity index (χ3v) is 4.36. The Morgan fingerprint density at radius 1 is 1.50 bits per heavy atom. The molecule has 0 aliphatic carbocycles. The predicted molar refractivity (Wildman–Crippen MR) is 81.3 cm³/mol. The average Bonchev–Trinajstić information content (AvgIpc) is 2.89.